The van der Waals surface area contributed by atoms with Gasteiger partial charge in [-0.1, -0.05) is 29.8 Å². The summed E-state index contributed by atoms with van der Waals surface area (Å²) in [5.74, 6) is -0.109. The van der Waals surface area contributed by atoms with Crippen LogP contribution >= 0.6 is 0 Å². The quantitative estimate of drug-likeness (QED) is 0.785. The lowest BCUT2D eigenvalue weighted by molar-refractivity contribution is -0.143. The van der Waals surface area contributed by atoms with Crippen LogP contribution in [-0.2, 0) is 16.1 Å². The van der Waals surface area contributed by atoms with Gasteiger partial charge in [0.2, 0.25) is 0 Å². The molecule has 0 saturated heterocycles. The monoisotopic (exact) mass is 341 g/mol. The molecule has 0 aromatic heterocycles. The molecule has 0 aliphatic rings. The summed E-state index contributed by atoms with van der Waals surface area (Å²) in [6.45, 7) is 5.86. The number of amides is 1. The van der Waals surface area contributed by atoms with Gasteiger partial charge in [-0.2, -0.15) is 0 Å². The maximum atomic E-state index is 12.0. The smallest absolute Gasteiger partial charge is 0.325 e. The van der Waals surface area contributed by atoms with E-state index in [-0.39, 0.29) is 25.2 Å². The normalized spacial score (nSPS) is 10.4. The first-order valence-corrected chi connectivity index (χ1v) is 8.20. The van der Waals surface area contributed by atoms with Crippen LogP contribution in [0.1, 0.15) is 35.3 Å². The van der Waals surface area contributed by atoms with E-state index < -0.39 is 5.97 Å². The molecule has 1 amide bonds. The van der Waals surface area contributed by atoms with Crippen molar-refractivity contribution < 1.29 is 19.1 Å². The number of carbonyl (C=O) groups is 2. The molecule has 0 radical (unpaired) electrons. The number of carbonyl (C=O) groups excluding carboxylic acids is 2. The lowest BCUT2D eigenvalue weighted by Crippen LogP contribution is -2.30. The van der Waals surface area contributed by atoms with Gasteiger partial charge in [0.15, 0.2) is 0 Å². The molecule has 5 heteroatoms. The first-order valence-electron chi connectivity index (χ1n) is 8.20. The molecule has 0 spiro atoms. The Morgan fingerprint density at radius 3 is 2.44 bits per heavy atom. The molecular weight excluding hydrogens is 318 g/mol. The Kier molecular flexibility index (Phi) is 6.57. The van der Waals surface area contributed by atoms with Gasteiger partial charge in [0.25, 0.3) is 5.91 Å². The number of aryl methyl sites for hydroxylation is 1. The topological polar surface area (TPSA) is 64.6 Å². The average Bonchev–Trinajstić information content (AvgIpc) is 2.58. The number of benzene rings is 2. The molecular formula is C20H23NO4. The molecule has 2 aromatic carbocycles. The van der Waals surface area contributed by atoms with Crippen LogP contribution in [0.25, 0.3) is 0 Å². The van der Waals surface area contributed by atoms with Crippen molar-refractivity contribution in [2.24, 2.45) is 0 Å². The number of hydrogen-bond acceptors (Lipinski definition) is 4. The zero-order valence-corrected chi connectivity index (χ0v) is 14.7. The second kappa shape index (κ2) is 8.87. The minimum Gasteiger partial charge on any atom is -0.491 e. The van der Waals surface area contributed by atoms with Crippen LogP contribution in [-0.4, -0.2) is 24.5 Å². The van der Waals surface area contributed by atoms with E-state index in [9.17, 15) is 9.59 Å². The summed E-state index contributed by atoms with van der Waals surface area (Å²) in [6, 6.07) is 14.5. The highest BCUT2D eigenvalue weighted by Gasteiger charge is 2.09. The highest BCUT2D eigenvalue weighted by molar-refractivity contribution is 5.96. The zero-order chi connectivity index (χ0) is 18.2. The Balaban J connectivity index is 1.78. The van der Waals surface area contributed by atoms with E-state index in [4.69, 9.17) is 9.47 Å². The molecule has 5 nitrogen and oxygen atoms in total. The Labute approximate surface area is 148 Å². The van der Waals surface area contributed by atoms with Gasteiger partial charge in [0, 0.05) is 5.56 Å². The van der Waals surface area contributed by atoms with Gasteiger partial charge in [-0.25, -0.2) is 0 Å². The van der Waals surface area contributed by atoms with Gasteiger partial charge < -0.3 is 14.8 Å². The predicted molar refractivity (Wildman–Crippen MR) is 95.5 cm³/mol. The van der Waals surface area contributed by atoms with Gasteiger partial charge in [-0.3, -0.25) is 9.59 Å². The summed E-state index contributed by atoms with van der Waals surface area (Å²) in [5.41, 5.74) is 2.48. The van der Waals surface area contributed by atoms with Gasteiger partial charge in [-0.15, -0.1) is 0 Å². The fraction of sp³-hybridized carbons (Fsp3) is 0.300. The third-order valence-electron chi connectivity index (χ3n) is 3.36. The maximum Gasteiger partial charge on any atom is 0.325 e. The summed E-state index contributed by atoms with van der Waals surface area (Å²) in [4.78, 5) is 23.8. The fourth-order valence-corrected chi connectivity index (χ4v) is 2.23. The molecule has 0 heterocycles. The molecule has 0 saturated carbocycles. The summed E-state index contributed by atoms with van der Waals surface area (Å²) in [6.07, 6.45) is 0.0721. The van der Waals surface area contributed by atoms with E-state index in [2.05, 4.69) is 5.32 Å². The van der Waals surface area contributed by atoms with Crippen molar-refractivity contribution >= 4 is 11.9 Å². The van der Waals surface area contributed by atoms with Crippen LogP contribution in [0.15, 0.2) is 48.5 Å². The molecule has 0 aliphatic heterocycles. The Morgan fingerprint density at radius 2 is 1.80 bits per heavy atom. The van der Waals surface area contributed by atoms with Gasteiger partial charge in [-0.05, 0) is 50.6 Å². The van der Waals surface area contributed by atoms with Crippen molar-refractivity contribution in [2.75, 3.05) is 6.54 Å². The van der Waals surface area contributed by atoms with Gasteiger partial charge in [0.05, 0.1) is 6.10 Å². The van der Waals surface area contributed by atoms with E-state index in [0.717, 1.165) is 11.1 Å². The average molecular weight is 341 g/mol. The summed E-state index contributed by atoms with van der Waals surface area (Å²) in [7, 11) is 0. The molecule has 132 valence electrons. The Bertz CT molecular complexity index is 723. The SMILES string of the molecule is Cc1cccc(COC(=O)CNC(=O)c2ccc(OC(C)C)cc2)c1. The van der Waals surface area contributed by atoms with Crippen LogP contribution in [0.4, 0.5) is 0 Å². The Hall–Kier alpha value is -2.82. The zero-order valence-electron chi connectivity index (χ0n) is 14.7. The number of nitrogens with one attached hydrogen (secondary N) is 1. The van der Waals surface area contributed by atoms with Gasteiger partial charge in [0.1, 0.15) is 18.9 Å². The van der Waals surface area contributed by atoms with E-state index in [0.29, 0.717) is 11.3 Å². The third-order valence-corrected chi connectivity index (χ3v) is 3.36. The van der Waals surface area contributed by atoms with E-state index >= 15 is 0 Å². The first kappa shape index (κ1) is 18.5. The second-order valence-electron chi connectivity index (χ2n) is 6.02. The molecule has 0 aliphatic carbocycles. The summed E-state index contributed by atoms with van der Waals surface area (Å²) >= 11 is 0. The summed E-state index contributed by atoms with van der Waals surface area (Å²) < 4.78 is 10.7. The molecule has 2 aromatic rings. The second-order valence-corrected chi connectivity index (χ2v) is 6.02. The van der Waals surface area contributed by atoms with E-state index in [1.807, 2.05) is 45.0 Å². The number of ether oxygens (including phenoxy) is 2. The van der Waals surface area contributed by atoms with Crippen molar-refractivity contribution in [1.82, 2.24) is 5.32 Å². The van der Waals surface area contributed by atoms with Gasteiger partial charge >= 0.3 is 5.97 Å². The number of rotatable bonds is 7. The van der Waals surface area contributed by atoms with Crippen LogP contribution in [0.3, 0.4) is 0 Å². The van der Waals surface area contributed by atoms with Crippen molar-refractivity contribution in [3.05, 3.63) is 65.2 Å². The van der Waals surface area contributed by atoms with Crippen LogP contribution in [0.2, 0.25) is 0 Å². The predicted octanol–water partition coefficient (Wildman–Crippen LogP) is 3.26. The molecule has 25 heavy (non-hydrogen) atoms. The van der Waals surface area contributed by atoms with E-state index in [1.165, 1.54) is 0 Å². The molecule has 0 unspecified atom stereocenters. The maximum absolute atomic E-state index is 12.0. The van der Waals surface area contributed by atoms with Crippen molar-refractivity contribution in [2.45, 2.75) is 33.5 Å². The van der Waals surface area contributed by atoms with Crippen LogP contribution in [0, 0.1) is 6.92 Å². The van der Waals surface area contributed by atoms with Crippen molar-refractivity contribution in [3.8, 4) is 5.75 Å². The van der Waals surface area contributed by atoms with E-state index in [1.54, 1.807) is 24.3 Å². The standard InChI is InChI=1S/C20H23NO4/c1-14(2)25-18-9-7-17(8-10-18)20(23)21-12-19(22)24-13-16-6-4-5-15(3)11-16/h4-11,14H,12-13H2,1-3H3,(H,21,23). The first-order chi connectivity index (χ1) is 11.9. The number of hydrogen-bond donors (Lipinski definition) is 1. The van der Waals surface area contributed by atoms with Crippen molar-refractivity contribution in [1.29, 1.82) is 0 Å². The van der Waals surface area contributed by atoms with Crippen LogP contribution in [0.5, 0.6) is 5.75 Å². The summed E-state index contributed by atoms with van der Waals surface area (Å²) in [5, 5.41) is 2.55. The highest BCUT2D eigenvalue weighted by Crippen LogP contribution is 2.13. The third kappa shape index (κ3) is 6.30. The lowest BCUT2D eigenvalue weighted by Gasteiger charge is -2.10. The van der Waals surface area contributed by atoms with Crippen molar-refractivity contribution in [3.63, 3.8) is 0 Å². The largest absolute Gasteiger partial charge is 0.491 e. The fourth-order valence-electron chi connectivity index (χ4n) is 2.23. The number of esters is 1. The van der Waals surface area contributed by atoms with Crippen LogP contribution < -0.4 is 10.1 Å². The molecule has 1 N–H and O–H groups in total. The molecule has 0 fully saturated rings. The molecule has 0 bridgehead atoms. The Morgan fingerprint density at radius 1 is 1.08 bits per heavy atom. The highest BCUT2D eigenvalue weighted by atomic mass is 16.5. The molecule has 0 atom stereocenters. The minimum atomic E-state index is -0.477. The minimum absolute atomic E-state index is 0.0721. The lowest BCUT2D eigenvalue weighted by atomic mass is 10.1. The molecule has 2 rings (SSSR count).